The lowest BCUT2D eigenvalue weighted by Gasteiger charge is -2.08. The lowest BCUT2D eigenvalue weighted by molar-refractivity contribution is 0.0952. The zero-order valence-electron chi connectivity index (χ0n) is 18.8. The molecule has 0 atom stereocenters. The molecule has 4 aromatic carbocycles. The Balaban J connectivity index is 0.000000234. The maximum absolute atomic E-state index is 12.4. The van der Waals surface area contributed by atoms with Crippen molar-refractivity contribution in [1.29, 1.82) is 0 Å². The van der Waals surface area contributed by atoms with Crippen molar-refractivity contribution in [1.82, 2.24) is 25.5 Å². The van der Waals surface area contributed by atoms with Crippen molar-refractivity contribution in [2.45, 2.75) is 6.54 Å². The summed E-state index contributed by atoms with van der Waals surface area (Å²) in [6.07, 6.45) is 3.41. The van der Waals surface area contributed by atoms with Crippen LogP contribution in [0.3, 0.4) is 0 Å². The Kier molecular flexibility index (Phi) is 6.48. The second-order valence-electron chi connectivity index (χ2n) is 7.80. The number of fused-ring (bicyclic) bond motifs is 2. The average molecular weight is 462 g/mol. The van der Waals surface area contributed by atoms with Crippen LogP contribution in [-0.4, -0.2) is 26.1 Å². The summed E-state index contributed by atoms with van der Waals surface area (Å²) < 4.78 is 5.77. The smallest absolute Gasteiger partial charge is 0.253 e. The maximum Gasteiger partial charge on any atom is 0.253 e. The number of carbonyl (C=O) groups is 1. The molecule has 0 aliphatic rings. The summed E-state index contributed by atoms with van der Waals surface area (Å²) in [6, 6.07) is 30.8. The Morgan fingerprint density at radius 3 is 2.37 bits per heavy atom. The molecule has 172 valence electrons. The van der Waals surface area contributed by atoms with Gasteiger partial charge in [0, 0.05) is 11.9 Å². The fourth-order valence-electron chi connectivity index (χ4n) is 3.61. The van der Waals surface area contributed by atoms with Crippen LogP contribution in [0.5, 0.6) is 11.5 Å². The zero-order valence-corrected chi connectivity index (χ0v) is 18.8. The molecule has 0 unspecified atom stereocenters. The quantitative estimate of drug-likeness (QED) is 0.300. The molecule has 7 nitrogen and oxygen atoms in total. The third-order valence-corrected chi connectivity index (χ3v) is 5.40. The molecule has 6 aromatic rings. The standard InChI is InChI=1S/C21H17N3O2.C7H6N2/c25-21(18-7-4-8-19-20(18)24-14-23-19)22-13-15-9-11-17(12-10-15)26-16-5-2-1-3-6-16;1-2-4-7-6(3-1)5-8-9-7/h1-12,14H,13H2,(H,22,25)(H,23,24);1-5H,(H,8,9). The van der Waals surface area contributed by atoms with Crippen LogP contribution in [0.15, 0.2) is 110 Å². The van der Waals surface area contributed by atoms with Gasteiger partial charge in [-0.15, -0.1) is 0 Å². The number of H-pyrrole nitrogens is 2. The van der Waals surface area contributed by atoms with E-state index in [1.54, 1.807) is 12.4 Å². The van der Waals surface area contributed by atoms with Crippen LogP contribution >= 0.6 is 0 Å². The van der Waals surface area contributed by atoms with Gasteiger partial charge in [0.25, 0.3) is 5.91 Å². The van der Waals surface area contributed by atoms with E-state index in [2.05, 4.69) is 25.5 Å². The predicted octanol–water partition coefficient (Wildman–Crippen LogP) is 5.85. The summed E-state index contributed by atoms with van der Waals surface area (Å²) in [5.41, 5.74) is 4.18. The van der Waals surface area contributed by atoms with Crippen molar-refractivity contribution in [2.24, 2.45) is 0 Å². The van der Waals surface area contributed by atoms with Gasteiger partial charge in [0.05, 0.1) is 29.1 Å². The molecule has 7 heteroatoms. The van der Waals surface area contributed by atoms with E-state index in [1.807, 2.05) is 97.2 Å². The van der Waals surface area contributed by atoms with Crippen molar-refractivity contribution in [3.8, 4) is 11.5 Å². The summed E-state index contributed by atoms with van der Waals surface area (Å²) in [5, 5.41) is 10.8. The molecule has 1 amide bonds. The molecule has 0 bridgehead atoms. The van der Waals surface area contributed by atoms with E-state index in [4.69, 9.17) is 4.74 Å². The van der Waals surface area contributed by atoms with Crippen LogP contribution in [0.25, 0.3) is 21.9 Å². The van der Waals surface area contributed by atoms with E-state index < -0.39 is 0 Å². The van der Waals surface area contributed by atoms with E-state index in [0.717, 1.165) is 33.5 Å². The number of benzene rings is 4. The number of hydrogen-bond acceptors (Lipinski definition) is 4. The van der Waals surface area contributed by atoms with E-state index >= 15 is 0 Å². The predicted molar refractivity (Wildman–Crippen MR) is 136 cm³/mol. The molecule has 0 saturated carbocycles. The van der Waals surface area contributed by atoms with Crippen LogP contribution in [-0.2, 0) is 6.54 Å². The fourth-order valence-corrected chi connectivity index (χ4v) is 3.61. The molecule has 2 aromatic heterocycles. The van der Waals surface area contributed by atoms with Gasteiger partial charge in [-0.25, -0.2) is 4.98 Å². The highest BCUT2D eigenvalue weighted by molar-refractivity contribution is 6.04. The number of aromatic nitrogens is 4. The molecule has 0 saturated heterocycles. The molecular weight excluding hydrogens is 438 g/mol. The minimum absolute atomic E-state index is 0.146. The lowest BCUT2D eigenvalue weighted by atomic mass is 10.1. The summed E-state index contributed by atoms with van der Waals surface area (Å²) in [4.78, 5) is 19.7. The summed E-state index contributed by atoms with van der Waals surface area (Å²) in [6.45, 7) is 0.436. The molecule has 3 N–H and O–H groups in total. The Bertz CT molecular complexity index is 1510. The minimum atomic E-state index is -0.146. The van der Waals surface area contributed by atoms with Gasteiger partial charge in [0.1, 0.15) is 17.0 Å². The van der Waals surface area contributed by atoms with Gasteiger partial charge >= 0.3 is 0 Å². The third kappa shape index (κ3) is 5.36. The highest BCUT2D eigenvalue weighted by atomic mass is 16.5. The van der Waals surface area contributed by atoms with Crippen LogP contribution in [0, 0.1) is 0 Å². The van der Waals surface area contributed by atoms with Crippen LogP contribution < -0.4 is 10.1 Å². The lowest BCUT2D eigenvalue weighted by Crippen LogP contribution is -2.23. The number of nitrogens with one attached hydrogen (secondary N) is 3. The number of para-hydroxylation sites is 3. The Labute approximate surface area is 201 Å². The van der Waals surface area contributed by atoms with E-state index in [-0.39, 0.29) is 5.91 Å². The molecular formula is C28H23N5O2. The number of aromatic amines is 2. The molecule has 0 aliphatic heterocycles. The number of hydrogen-bond donors (Lipinski definition) is 3. The first-order chi connectivity index (χ1) is 17.3. The van der Waals surface area contributed by atoms with Crippen molar-refractivity contribution in [3.05, 3.63) is 121 Å². The summed E-state index contributed by atoms with van der Waals surface area (Å²) in [7, 11) is 0. The molecule has 35 heavy (non-hydrogen) atoms. The van der Waals surface area contributed by atoms with Gasteiger partial charge in [-0.2, -0.15) is 5.10 Å². The van der Waals surface area contributed by atoms with E-state index in [9.17, 15) is 4.79 Å². The number of imidazole rings is 1. The molecule has 2 heterocycles. The van der Waals surface area contributed by atoms with Crippen molar-refractivity contribution in [3.63, 3.8) is 0 Å². The number of rotatable bonds is 5. The first-order valence-electron chi connectivity index (χ1n) is 11.2. The van der Waals surface area contributed by atoms with Crippen molar-refractivity contribution < 1.29 is 9.53 Å². The van der Waals surface area contributed by atoms with E-state index in [0.29, 0.717) is 17.6 Å². The second-order valence-corrected chi connectivity index (χ2v) is 7.80. The first-order valence-corrected chi connectivity index (χ1v) is 11.2. The molecule has 0 radical (unpaired) electrons. The number of amides is 1. The summed E-state index contributed by atoms with van der Waals surface area (Å²) >= 11 is 0. The van der Waals surface area contributed by atoms with Crippen LogP contribution in [0.4, 0.5) is 0 Å². The normalized spacial score (nSPS) is 10.5. The van der Waals surface area contributed by atoms with Crippen LogP contribution in [0.2, 0.25) is 0 Å². The van der Waals surface area contributed by atoms with Gasteiger partial charge < -0.3 is 15.0 Å². The number of ether oxygens (including phenoxy) is 1. The topological polar surface area (TPSA) is 95.7 Å². The van der Waals surface area contributed by atoms with Gasteiger partial charge in [-0.05, 0) is 48.0 Å². The number of carbonyl (C=O) groups excluding carboxylic acids is 1. The fraction of sp³-hybridized carbons (Fsp3) is 0.0357. The second kappa shape index (κ2) is 10.4. The SMILES string of the molecule is O=C(NCc1ccc(Oc2ccccc2)cc1)c1cccc2[nH]cnc12.c1ccc2[nH]ncc2c1. The molecule has 0 spiro atoms. The van der Waals surface area contributed by atoms with Crippen molar-refractivity contribution in [2.75, 3.05) is 0 Å². The molecule has 0 fully saturated rings. The minimum Gasteiger partial charge on any atom is -0.457 e. The average Bonchev–Trinajstić information content (AvgIpc) is 3.59. The zero-order chi connectivity index (χ0) is 23.9. The van der Waals surface area contributed by atoms with Crippen LogP contribution in [0.1, 0.15) is 15.9 Å². The molecule has 0 aliphatic carbocycles. The first kappa shape index (κ1) is 21.9. The number of nitrogens with zero attached hydrogens (tertiary/aromatic N) is 2. The highest BCUT2D eigenvalue weighted by Crippen LogP contribution is 2.21. The Hall–Kier alpha value is -4.91. The third-order valence-electron chi connectivity index (χ3n) is 5.40. The molecule has 6 rings (SSSR count). The van der Waals surface area contributed by atoms with Gasteiger partial charge in [-0.1, -0.05) is 54.6 Å². The summed E-state index contributed by atoms with van der Waals surface area (Å²) in [5.74, 6) is 1.40. The van der Waals surface area contributed by atoms with Gasteiger partial charge in [-0.3, -0.25) is 9.89 Å². The highest BCUT2D eigenvalue weighted by Gasteiger charge is 2.11. The Morgan fingerprint density at radius 1 is 0.800 bits per heavy atom. The monoisotopic (exact) mass is 461 g/mol. The van der Waals surface area contributed by atoms with Crippen molar-refractivity contribution >= 4 is 27.8 Å². The van der Waals surface area contributed by atoms with Gasteiger partial charge in [0.15, 0.2) is 0 Å². The maximum atomic E-state index is 12.4. The Morgan fingerprint density at radius 2 is 1.54 bits per heavy atom. The van der Waals surface area contributed by atoms with E-state index in [1.165, 1.54) is 0 Å². The van der Waals surface area contributed by atoms with Gasteiger partial charge in [0.2, 0.25) is 0 Å². The largest absolute Gasteiger partial charge is 0.457 e.